The van der Waals surface area contributed by atoms with Gasteiger partial charge < -0.3 is 5.32 Å². The second-order valence-electron chi connectivity index (χ2n) is 5.88. The summed E-state index contributed by atoms with van der Waals surface area (Å²) in [6.45, 7) is 0. The van der Waals surface area contributed by atoms with E-state index in [0.29, 0.717) is 11.6 Å². The van der Waals surface area contributed by atoms with Crippen LogP contribution in [0, 0.1) is 11.7 Å². The van der Waals surface area contributed by atoms with Gasteiger partial charge in [-0.25, -0.2) is 4.39 Å². The molecule has 1 aliphatic carbocycles. The fraction of sp³-hybridized carbons (Fsp3) is 0.222. The lowest BCUT2D eigenvalue weighted by atomic mass is 9.77. The normalized spacial score (nSPS) is 25.5. The summed E-state index contributed by atoms with van der Waals surface area (Å²) in [7, 11) is 0. The van der Waals surface area contributed by atoms with Crippen LogP contribution in [0.4, 0.5) is 10.1 Å². The molecule has 0 unspecified atom stereocenters. The first kappa shape index (κ1) is 14.3. The molecule has 0 bridgehead atoms. The van der Waals surface area contributed by atoms with Crippen LogP contribution in [0.5, 0.6) is 0 Å². The SMILES string of the molecule is Fc1cc(Br)cc2c1N[C@H](c1ccc(Cl)cc1)[C@@H]1CC=C[C@H]21. The fourth-order valence-electron chi connectivity index (χ4n) is 3.62. The number of hydrogen-bond acceptors (Lipinski definition) is 1. The topological polar surface area (TPSA) is 12.0 Å². The molecular weight excluding hydrogens is 365 g/mol. The minimum absolute atomic E-state index is 0.0976. The highest BCUT2D eigenvalue weighted by Gasteiger charge is 2.39. The Balaban J connectivity index is 1.82. The zero-order valence-electron chi connectivity index (χ0n) is 11.7. The molecule has 1 heterocycles. The van der Waals surface area contributed by atoms with Gasteiger partial charge in [-0.05, 0) is 47.7 Å². The molecular formula is C18H14BrClFN. The lowest BCUT2D eigenvalue weighted by molar-refractivity contribution is 0.420. The van der Waals surface area contributed by atoms with Gasteiger partial charge in [0.25, 0.3) is 0 Å². The zero-order chi connectivity index (χ0) is 15.3. The smallest absolute Gasteiger partial charge is 0.147 e. The summed E-state index contributed by atoms with van der Waals surface area (Å²) in [4.78, 5) is 0. The lowest BCUT2D eigenvalue weighted by Crippen LogP contribution is -2.29. The van der Waals surface area contributed by atoms with Gasteiger partial charge in [0.05, 0.1) is 11.7 Å². The summed E-state index contributed by atoms with van der Waals surface area (Å²) < 4.78 is 15.2. The second kappa shape index (κ2) is 5.39. The van der Waals surface area contributed by atoms with Crippen molar-refractivity contribution in [1.82, 2.24) is 0 Å². The largest absolute Gasteiger partial charge is 0.375 e. The van der Waals surface area contributed by atoms with E-state index in [1.54, 1.807) is 0 Å². The van der Waals surface area contributed by atoms with Gasteiger partial charge in [-0.15, -0.1) is 0 Å². The van der Waals surface area contributed by atoms with Crippen LogP contribution in [0.15, 0.2) is 53.0 Å². The first-order valence-corrected chi connectivity index (χ1v) is 8.48. The number of fused-ring (bicyclic) bond motifs is 3. The standard InChI is InChI=1S/C18H14BrClFN/c19-11-8-15-13-2-1-3-14(13)17(22-18(15)16(21)9-11)10-4-6-12(20)7-5-10/h1-2,4-9,13-14,17,22H,3H2/t13-,14+,17+/m0/s1. The molecule has 0 fully saturated rings. The number of benzene rings is 2. The monoisotopic (exact) mass is 377 g/mol. The van der Waals surface area contributed by atoms with Crippen LogP contribution in [0.1, 0.15) is 29.5 Å². The molecule has 1 aliphatic heterocycles. The van der Waals surface area contributed by atoms with E-state index >= 15 is 0 Å². The molecule has 0 saturated heterocycles. The predicted octanol–water partition coefficient (Wildman–Crippen LogP) is 6.07. The number of halogens is 3. The van der Waals surface area contributed by atoms with Crippen LogP contribution in [-0.2, 0) is 0 Å². The van der Waals surface area contributed by atoms with E-state index in [1.165, 1.54) is 6.07 Å². The molecule has 4 rings (SSSR count). The van der Waals surface area contributed by atoms with Crippen molar-refractivity contribution in [1.29, 1.82) is 0 Å². The van der Waals surface area contributed by atoms with Gasteiger partial charge in [-0.3, -0.25) is 0 Å². The first-order valence-electron chi connectivity index (χ1n) is 7.31. The van der Waals surface area contributed by atoms with Crippen molar-refractivity contribution in [3.8, 4) is 0 Å². The molecule has 22 heavy (non-hydrogen) atoms. The Labute approximate surface area is 142 Å². The number of allylic oxidation sites excluding steroid dienone is 2. The Hall–Kier alpha value is -1.32. The van der Waals surface area contributed by atoms with Gasteiger partial charge in [-0.1, -0.05) is 51.8 Å². The van der Waals surface area contributed by atoms with Crippen molar-refractivity contribution >= 4 is 33.2 Å². The molecule has 0 radical (unpaired) electrons. The maximum atomic E-state index is 14.4. The van der Waals surface area contributed by atoms with Crippen LogP contribution in [0.25, 0.3) is 0 Å². The van der Waals surface area contributed by atoms with Gasteiger partial charge in [0.15, 0.2) is 0 Å². The van der Waals surface area contributed by atoms with Gasteiger partial charge in [0, 0.05) is 15.4 Å². The molecule has 0 spiro atoms. The highest BCUT2D eigenvalue weighted by atomic mass is 79.9. The molecule has 2 aromatic carbocycles. The van der Waals surface area contributed by atoms with E-state index < -0.39 is 0 Å². The Morgan fingerprint density at radius 3 is 2.73 bits per heavy atom. The number of anilines is 1. The number of nitrogens with one attached hydrogen (secondary N) is 1. The van der Waals surface area contributed by atoms with Gasteiger partial charge in [-0.2, -0.15) is 0 Å². The van der Waals surface area contributed by atoms with Crippen molar-refractivity contribution in [2.24, 2.45) is 5.92 Å². The van der Waals surface area contributed by atoms with Crippen LogP contribution >= 0.6 is 27.5 Å². The van der Waals surface area contributed by atoms with Crippen LogP contribution in [-0.4, -0.2) is 0 Å². The molecule has 4 heteroatoms. The molecule has 2 aromatic rings. The summed E-state index contributed by atoms with van der Waals surface area (Å²) >= 11 is 9.39. The maximum Gasteiger partial charge on any atom is 0.147 e. The summed E-state index contributed by atoms with van der Waals surface area (Å²) in [5, 5.41) is 4.14. The van der Waals surface area contributed by atoms with E-state index in [4.69, 9.17) is 11.6 Å². The molecule has 0 amide bonds. The number of rotatable bonds is 1. The highest BCUT2D eigenvalue weighted by molar-refractivity contribution is 9.10. The average Bonchev–Trinajstić information content (AvgIpc) is 2.97. The predicted molar refractivity (Wildman–Crippen MR) is 91.9 cm³/mol. The summed E-state index contributed by atoms with van der Waals surface area (Å²) in [5.41, 5.74) is 2.81. The Bertz CT molecular complexity index is 756. The molecule has 3 atom stereocenters. The third-order valence-corrected chi connectivity index (χ3v) is 5.32. The molecule has 0 saturated carbocycles. The second-order valence-corrected chi connectivity index (χ2v) is 7.23. The molecule has 112 valence electrons. The van der Waals surface area contributed by atoms with E-state index in [2.05, 4.69) is 33.4 Å². The van der Waals surface area contributed by atoms with Crippen molar-refractivity contribution in [2.75, 3.05) is 5.32 Å². The Kier molecular flexibility index (Phi) is 3.50. The molecule has 1 N–H and O–H groups in total. The van der Waals surface area contributed by atoms with Crippen molar-refractivity contribution in [3.05, 3.63) is 75.0 Å². The van der Waals surface area contributed by atoms with Crippen molar-refractivity contribution in [3.63, 3.8) is 0 Å². The van der Waals surface area contributed by atoms with Crippen LogP contribution in [0.3, 0.4) is 0 Å². The van der Waals surface area contributed by atoms with Gasteiger partial charge in [0.1, 0.15) is 5.82 Å². The van der Waals surface area contributed by atoms with Crippen molar-refractivity contribution in [2.45, 2.75) is 18.4 Å². The minimum atomic E-state index is -0.206. The van der Waals surface area contributed by atoms with Gasteiger partial charge in [0.2, 0.25) is 0 Å². The quantitative estimate of drug-likeness (QED) is 0.594. The molecule has 2 aliphatic rings. The summed E-state index contributed by atoms with van der Waals surface area (Å²) in [6, 6.07) is 11.5. The summed E-state index contributed by atoms with van der Waals surface area (Å²) in [5.74, 6) is 0.452. The van der Waals surface area contributed by atoms with Gasteiger partial charge >= 0.3 is 0 Å². The zero-order valence-corrected chi connectivity index (χ0v) is 14.0. The van der Waals surface area contributed by atoms with E-state index in [0.717, 1.165) is 27.0 Å². The maximum absolute atomic E-state index is 14.4. The average molecular weight is 379 g/mol. The van der Waals surface area contributed by atoms with Crippen LogP contribution in [0.2, 0.25) is 5.02 Å². The third kappa shape index (κ3) is 2.27. The number of hydrogen-bond donors (Lipinski definition) is 1. The summed E-state index contributed by atoms with van der Waals surface area (Å²) in [6.07, 6.45) is 5.41. The van der Waals surface area contributed by atoms with E-state index in [9.17, 15) is 4.39 Å². The lowest BCUT2D eigenvalue weighted by Gasteiger charge is -2.37. The Morgan fingerprint density at radius 1 is 1.18 bits per heavy atom. The first-order chi connectivity index (χ1) is 10.6. The van der Waals surface area contributed by atoms with Crippen LogP contribution < -0.4 is 5.32 Å². The fourth-order valence-corrected chi connectivity index (χ4v) is 4.19. The highest BCUT2D eigenvalue weighted by Crippen LogP contribution is 2.51. The van der Waals surface area contributed by atoms with Crippen molar-refractivity contribution < 1.29 is 4.39 Å². The van der Waals surface area contributed by atoms with E-state index in [-0.39, 0.29) is 17.8 Å². The third-order valence-electron chi connectivity index (χ3n) is 4.61. The molecule has 1 nitrogen and oxygen atoms in total. The Morgan fingerprint density at radius 2 is 1.95 bits per heavy atom. The molecule has 0 aromatic heterocycles. The minimum Gasteiger partial charge on any atom is -0.375 e. The van der Waals surface area contributed by atoms with E-state index in [1.807, 2.05) is 30.3 Å².